The zero-order valence-electron chi connectivity index (χ0n) is 65.5. The molecule has 0 saturated heterocycles. The SMILES string of the molecule is Cc1nc(CC(=O)O)n[nH]1.NCCc1ncn[nH]1.NCc1ncn[nH]1.NS(=O)(=O)c1n[nH]c(CC(=O)O)n1.O=C(O)CCc1nc(SOOO)n[nH]1.O=C(O)CCc1ncn[nH]1.O=C(O)Cc1nc(C(=O)O)n[nH]1.O=C(OO)c1n[nH]c(S(=O)(=O)O)n1.O=P(O)(O)Cc1ncn[nH]1.O=S(=O)(O)Cc1ncn[nH]1.O=S(=O)(O)c1ncn[nH]1.OCCc1ncn[nH]1.OCc1ncn[nH]1. The normalized spacial score (nSPS) is 10.5. The van der Waals surface area contributed by atoms with E-state index in [4.69, 9.17) is 86.3 Å². The van der Waals surface area contributed by atoms with Crippen molar-refractivity contribution in [3.05, 3.63) is 132 Å². The summed E-state index contributed by atoms with van der Waals surface area (Å²) in [5, 5.41) is 164. The monoisotopic (exact) mass is 1990 g/mol. The third-order valence-electron chi connectivity index (χ3n) is 11.5. The molecule has 0 radical (unpaired) electrons. The molecule has 0 fully saturated rings. The molecule has 0 aliphatic rings. The van der Waals surface area contributed by atoms with Crippen LogP contribution in [-0.4, -0.2) is 361 Å². The molecule has 0 amide bonds. The third kappa shape index (κ3) is 57.3. The number of aliphatic hydroxyl groups excluding tert-OH is 2. The molecule has 13 rings (SSSR count). The van der Waals surface area contributed by atoms with E-state index in [-0.39, 0.29) is 79.9 Å². The van der Waals surface area contributed by atoms with E-state index in [1.54, 1.807) is 12.0 Å². The second-order valence-electron chi connectivity index (χ2n) is 21.7. The predicted molar refractivity (Wildman–Crippen MR) is 409 cm³/mol. The Balaban J connectivity index is 0.000000713. The number of aliphatic carboxylic acids is 5. The maximum atomic E-state index is 10.6. The van der Waals surface area contributed by atoms with Gasteiger partial charge in [0.2, 0.25) is 5.16 Å². The first kappa shape index (κ1) is 114. The molecule has 82 heteroatoms. The van der Waals surface area contributed by atoms with Crippen molar-refractivity contribution in [2.45, 2.75) is 110 Å². The molecular formula is C49H75N42O34PS5. The minimum Gasteiger partial charge on any atom is -0.481 e. The Bertz CT molecular complexity index is 5770. The highest BCUT2D eigenvalue weighted by Gasteiger charge is 2.22. The molecule has 76 nitrogen and oxygen atoms in total. The van der Waals surface area contributed by atoms with Gasteiger partial charge in [0.15, 0.2) is 5.82 Å². The van der Waals surface area contributed by atoms with Crippen LogP contribution in [0.2, 0.25) is 0 Å². The highest BCUT2D eigenvalue weighted by molar-refractivity contribution is 7.94. The van der Waals surface area contributed by atoms with Crippen LogP contribution in [0.4, 0.5) is 0 Å². The summed E-state index contributed by atoms with van der Waals surface area (Å²) in [4.78, 5) is 138. The standard InChI is InChI=1S/C5H7N3O5S.C5H5N3O4.2C5H7N3O2.C4H6N4O4S.C4H8N4.C4H7N3O.C3H6N4.C3H3N3O6S.C3H6N3O3P.C3H5N3O3S.C3H5N3O.C2H3N3O3S/c9-4(10)2-1-3-6-5(8-7-3)14-13-12-11;9-3(10)1-2-6-4(5(11)12)8-7-2;1-3-6-4(8-7-3)2-5(9)10;9-5(10)2-1-4-6-3-7-8-4;5-13(11,12)4-6-2(7-8-4)1-3(9)10;5-2-1-4-6-3-7-8-4;8-2-1-4-5-3-6-7-4;4-1-3-5-2-6-7-3;7-2(12-8)1-4-3(6-5-1)13(9,10)11;2*7-10(8,9)1-3-4-2-5-6-3;7-1-3-4-2-5-6-3;6-9(7,8)2-3-1-4-5-2/h11H,1-2H2,(H,9,10)(H,6,7,8);1H2,(H,9,10)(H,11,12)(H,6,7,8);2H2,1H3,(H,9,10)(H,6,7,8);3H,1-2H2,(H,9,10)(H,6,7,8);1H2,(H,9,10)(H2,5,11,12)(H,6,7,8);3H,1-2,5H2,(H,6,7,8);3,8H,1-2H2,(H,5,6,7);2H,1,4H2,(H,5,6,7);8H,(H,4,5,6)(H,9,10,11);2H,1H2,(H,4,5,6)(H2,7,8,9);2H,1H2,(H,4,5,6)(H,7,8,9);2,7H,1H2,(H,4,5,6);1H,(H,3,4,5)(H,6,7,8). The lowest BCUT2D eigenvalue weighted by atomic mass is 10.3. The second-order valence-corrected chi connectivity index (χ2v) is 29.6. The molecule has 0 bridgehead atoms. The Morgan fingerprint density at radius 2 is 0.878 bits per heavy atom. The van der Waals surface area contributed by atoms with Crippen molar-refractivity contribution in [1.29, 1.82) is 0 Å². The van der Waals surface area contributed by atoms with Gasteiger partial charge in [0.05, 0.1) is 26.0 Å². The topological polar surface area (TPSA) is 1220 Å². The van der Waals surface area contributed by atoms with E-state index < -0.39 is 129 Å². The number of carbonyl (C=O) groups is 7. The maximum absolute atomic E-state index is 10.6. The largest absolute Gasteiger partial charge is 0.481 e. The number of carbonyl (C=O) groups excluding carboxylic acids is 1. The van der Waals surface area contributed by atoms with Crippen molar-refractivity contribution in [3.63, 3.8) is 0 Å². The average molecular weight is 1990 g/mol. The van der Waals surface area contributed by atoms with Gasteiger partial charge in [-0.1, -0.05) is 5.04 Å². The predicted octanol–water partition coefficient (Wildman–Crippen LogP) is -9.37. The Hall–Kier alpha value is -15.1. The number of rotatable bonds is 30. The Morgan fingerprint density at radius 3 is 1.22 bits per heavy atom. The number of H-pyrrole nitrogens is 13. The minimum absolute atomic E-state index is 0.0277. The van der Waals surface area contributed by atoms with E-state index in [9.17, 15) is 71.8 Å². The molecule has 131 heavy (non-hydrogen) atoms. The van der Waals surface area contributed by atoms with Crippen LogP contribution in [0.1, 0.15) is 104 Å². The summed E-state index contributed by atoms with van der Waals surface area (Å²) in [7, 11) is -20.7. The first-order valence-corrected chi connectivity index (χ1v) is 41.9. The average Bonchev–Trinajstić information content (AvgIpc) is 1.71. The zero-order valence-corrected chi connectivity index (χ0v) is 70.5. The number of nitrogens with one attached hydrogen (secondary N) is 13. The van der Waals surface area contributed by atoms with Gasteiger partial charge in [0, 0.05) is 25.7 Å². The van der Waals surface area contributed by atoms with Crippen LogP contribution in [0.3, 0.4) is 0 Å². The summed E-state index contributed by atoms with van der Waals surface area (Å²) < 4.78 is 122. The van der Waals surface area contributed by atoms with E-state index in [0.29, 0.717) is 67.1 Å². The van der Waals surface area contributed by atoms with Gasteiger partial charge < -0.3 is 62.1 Å². The number of nitrogens with two attached hydrogens (primary N) is 3. The third-order valence-corrected chi connectivity index (χ3v) is 15.4. The molecule has 13 aromatic heterocycles. The highest BCUT2D eigenvalue weighted by atomic mass is 32.2. The summed E-state index contributed by atoms with van der Waals surface area (Å²) in [5.41, 5.74) is 10.4. The summed E-state index contributed by atoms with van der Waals surface area (Å²) in [5.74, 6) is -4.07. The van der Waals surface area contributed by atoms with Crippen LogP contribution in [-0.2, 0) is 153 Å². The summed E-state index contributed by atoms with van der Waals surface area (Å²) >= 11 is 0.602. The first-order valence-electron chi connectivity index (χ1n) is 33.3. The number of aromatic amines is 13. The molecule has 13 aromatic rings. The van der Waals surface area contributed by atoms with Gasteiger partial charge in [-0.15, -0.1) is 24.7 Å². The van der Waals surface area contributed by atoms with Gasteiger partial charge in [-0.05, 0) is 13.5 Å². The molecule has 0 aromatic carbocycles. The van der Waals surface area contributed by atoms with Crippen molar-refractivity contribution in [1.82, 2.24) is 197 Å². The van der Waals surface area contributed by atoms with Gasteiger partial charge in [-0.25, -0.2) is 98.4 Å². The number of sulfonamides is 1. The fourth-order valence-corrected chi connectivity index (χ4v) is 8.96. The number of aromatic nitrogens is 39. The van der Waals surface area contributed by atoms with Crippen molar-refractivity contribution in [2.24, 2.45) is 16.6 Å². The van der Waals surface area contributed by atoms with Gasteiger partial charge in [-0.3, -0.25) is 103 Å². The van der Waals surface area contributed by atoms with Crippen LogP contribution >= 0.6 is 19.6 Å². The molecule has 720 valence electrons. The fraction of sp³-hybridized carbons (Fsp3) is 0.327. The van der Waals surface area contributed by atoms with Gasteiger partial charge in [-0.2, -0.15) is 81.4 Å². The lowest BCUT2D eigenvalue weighted by molar-refractivity contribution is -0.432. The van der Waals surface area contributed by atoms with Crippen molar-refractivity contribution in [2.75, 3.05) is 13.2 Å². The maximum Gasteiger partial charge on any atom is 0.411 e. The second kappa shape index (κ2) is 61.4. The van der Waals surface area contributed by atoms with Crippen LogP contribution in [0, 0.1) is 6.92 Å². The molecule has 0 spiro atoms. The molecule has 34 N–H and O–H groups in total. The Morgan fingerprint density at radius 1 is 0.443 bits per heavy atom. The number of carboxylic acids is 6. The number of primary sulfonamides is 1. The zero-order chi connectivity index (χ0) is 98.6. The Kier molecular flexibility index (Phi) is 53.4. The molecule has 0 saturated carbocycles. The van der Waals surface area contributed by atoms with E-state index >= 15 is 0 Å². The number of hydrogen-bond donors (Lipinski definition) is 31. The smallest absolute Gasteiger partial charge is 0.411 e. The van der Waals surface area contributed by atoms with Gasteiger partial charge in [0.1, 0.15) is 165 Å². The van der Waals surface area contributed by atoms with Crippen molar-refractivity contribution >= 4 is 102 Å². The number of aromatic carboxylic acids is 1. The number of hydrogen-bond acceptors (Lipinski definition) is 52. The number of aliphatic hydroxyl groups is 2. The van der Waals surface area contributed by atoms with Crippen molar-refractivity contribution in [3.8, 4) is 0 Å². The lowest BCUT2D eigenvalue weighted by Crippen LogP contribution is -2.14. The molecule has 0 atom stereocenters. The number of aryl methyl sites for hydroxylation is 3. The fourth-order valence-electron chi connectivity index (χ4n) is 6.49. The van der Waals surface area contributed by atoms with Crippen LogP contribution < -0.4 is 16.6 Å². The molecular weight excluding hydrogens is 1910 g/mol. The minimum atomic E-state index is -4.54. The van der Waals surface area contributed by atoms with Crippen LogP contribution in [0.5, 0.6) is 0 Å². The van der Waals surface area contributed by atoms with E-state index in [0.717, 1.165) is 30.2 Å². The van der Waals surface area contributed by atoms with Gasteiger partial charge >= 0.3 is 69.6 Å². The van der Waals surface area contributed by atoms with E-state index in [1.807, 2.05) is 5.10 Å². The summed E-state index contributed by atoms with van der Waals surface area (Å²) in [6.45, 7) is 2.82. The van der Waals surface area contributed by atoms with Crippen molar-refractivity contribution < 1.29 is 161 Å². The molecule has 13 heterocycles. The Labute approximate surface area is 729 Å². The highest BCUT2D eigenvalue weighted by Crippen LogP contribution is 2.37. The van der Waals surface area contributed by atoms with E-state index in [1.165, 1.54) is 44.3 Å². The quantitative estimate of drug-likeness (QED) is 0.00653. The number of carboxylic acid groups (broad SMARTS) is 6. The molecule has 0 aliphatic carbocycles. The summed E-state index contributed by atoms with van der Waals surface area (Å²) in [6.07, 6.45) is 11.2. The number of nitrogens with zero attached hydrogens (tertiary/aromatic N) is 26. The van der Waals surface area contributed by atoms with E-state index in [2.05, 4.69) is 207 Å². The van der Waals surface area contributed by atoms with Crippen LogP contribution in [0.25, 0.3) is 0 Å². The molecule has 0 unspecified atom stereocenters. The van der Waals surface area contributed by atoms with Gasteiger partial charge in [0.25, 0.3) is 47.3 Å². The lowest BCUT2D eigenvalue weighted by Gasteiger charge is -1.97. The van der Waals surface area contributed by atoms with Crippen LogP contribution in [0.15, 0.2) is 71.2 Å². The first-order chi connectivity index (χ1) is 61.6. The molecule has 0 aliphatic heterocycles. The summed E-state index contributed by atoms with van der Waals surface area (Å²) in [6, 6.07) is 0.